The van der Waals surface area contributed by atoms with Gasteiger partial charge in [0.25, 0.3) is 5.56 Å². The molecular formula is C17H20N6OS. The largest absolute Gasteiger partial charge is 0.269 e. The molecule has 0 unspecified atom stereocenters. The number of pyridine rings is 1. The molecule has 0 atom stereocenters. The first kappa shape index (κ1) is 16.3. The summed E-state index contributed by atoms with van der Waals surface area (Å²) in [6, 6.07) is 5.80. The molecule has 4 rings (SSSR count). The second kappa shape index (κ2) is 6.95. The Kier molecular flexibility index (Phi) is 4.52. The summed E-state index contributed by atoms with van der Waals surface area (Å²) in [5, 5.41) is 13.0. The van der Waals surface area contributed by atoms with E-state index < -0.39 is 0 Å². The van der Waals surface area contributed by atoms with E-state index in [1.54, 1.807) is 16.7 Å². The van der Waals surface area contributed by atoms with Crippen LogP contribution in [0.3, 0.4) is 0 Å². The second-order valence-corrected chi connectivity index (χ2v) is 7.40. The molecule has 0 aromatic carbocycles. The SMILES string of the molecule is Cc1cccn2c(=O)cc(CSc3nnnn3C3CCCCC3)nc12. The fourth-order valence-electron chi connectivity index (χ4n) is 3.36. The Labute approximate surface area is 149 Å². The first-order valence-electron chi connectivity index (χ1n) is 8.61. The number of aryl methyl sites for hydroxylation is 1. The molecule has 0 radical (unpaired) electrons. The Balaban J connectivity index is 1.56. The third-order valence-corrected chi connectivity index (χ3v) is 5.64. The monoisotopic (exact) mass is 356 g/mol. The highest BCUT2D eigenvalue weighted by atomic mass is 32.2. The van der Waals surface area contributed by atoms with Gasteiger partial charge in [-0.1, -0.05) is 37.1 Å². The number of fused-ring (bicyclic) bond motifs is 1. The van der Waals surface area contributed by atoms with Gasteiger partial charge in [0.05, 0.1) is 11.7 Å². The maximum absolute atomic E-state index is 12.3. The van der Waals surface area contributed by atoms with Crippen molar-refractivity contribution in [1.82, 2.24) is 29.6 Å². The van der Waals surface area contributed by atoms with Crippen molar-refractivity contribution in [2.75, 3.05) is 0 Å². The highest BCUT2D eigenvalue weighted by molar-refractivity contribution is 7.98. The number of thioether (sulfide) groups is 1. The molecule has 0 saturated heterocycles. The average molecular weight is 356 g/mol. The van der Waals surface area contributed by atoms with E-state index in [0.717, 1.165) is 29.3 Å². The molecule has 8 heteroatoms. The van der Waals surface area contributed by atoms with Crippen LogP contribution in [-0.2, 0) is 5.75 Å². The molecule has 0 N–H and O–H groups in total. The van der Waals surface area contributed by atoms with Crippen LogP contribution in [0.25, 0.3) is 5.65 Å². The van der Waals surface area contributed by atoms with Crippen molar-refractivity contribution in [2.24, 2.45) is 0 Å². The van der Waals surface area contributed by atoms with E-state index in [4.69, 9.17) is 0 Å². The lowest BCUT2D eigenvalue weighted by atomic mass is 9.96. The van der Waals surface area contributed by atoms with E-state index >= 15 is 0 Å². The maximum atomic E-state index is 12.3. The molecule has 1 saturated carbocycles. The maximum Gasteiger partial charge on any atom is 0.258 e. The molecule has 25 heavy (non-hydrogen) atoms. The predicted octanol–water partition coefficient (Wildman–Crippen LogP) is 2.79. The zero-order chi connectivity index (χ0) is 17.2. The van der Waals surface area contributed by atoms with Crippen LogP contribution >= 0.6 is 11.8 Å². The Hall–Kier alpha value is -2.22. The van der Waals surface area contributed by atoms with Gasteiger partial charge in [-0.25, -0.2) is 9.67 Å². The highest BCUT2D eigenvalue weighted by Crippen LogP contribution is 2.30. The van der Waals surface area contributed by atoms with Crippen molar-refractivity contribution in [3.8, 4) is 0 Å². The number of nitrogens with zero attached hydrogens (tertiary/aromatic N) is 6. The van der Waals surface area contributed by atoms with Crippen LogP contribution in [0.1, 0.15) is 49.4 Å². The summed E-state index contributed by atoms with van der Waals surface area (Å²) in [7, 11) is 0. The number of hydrogen-bond donors (Lipinski definition) is 0. The molecule has 0 spiro atoms. The smallest absolute Gasteiger partial charge is 0.258 e. The molecule has 3 heterocycles. The van der Waals surface area contributed by atoms with Gasteiger partial charge in [-0.3, -0.25) is 9.20 Å². The minimum Gasteiger partial charge on any atom is -0.269 e. The molecule has 0 amide bonds. The van der Waals surface area contributed by atoms with Gasteiger partial charge in [0.2, 0.25) is 5.16 Å². The minimum absolute atomic E-state index is 0.0591. The number of aromatic nitrogens is 6. The lowest BCUT2D eigenvalue weighted by Gasteiger charge is -2.21. The third-order valence-electron chi connectivity index (χ3n) is 4.67. The first-order chi connectivity index (χ1) is 12.2. The summed E-state index contributed by atoms with van der Waals surface area (Å²) < 4.78 is 3.53. The fraction of sp³-hybridized carbons (Fsp3) is 0.471. The predicted molar refractivity (Wildman–Crippen MR) is 95.7 cm³/mol. The summed E-state index contributed by atoms with van der Waals surface area (Å²) in [5.74, 6) is 0.577. The molecular weight excluding hydrogens is 336 g/mol. The average Bonchev–Trinajstić information content (AvgIpc) is 3.10. The zero-order valence-corrected chi connectivity index (χ0v) is 14.9. The minimum atomic E-state index is -0.0591. The van der Waals surface area contributed by atoms with E-state index in [9.17, 15) is 4.79 Å². The van der Waals surface area contributed by atoms with Crippen molar-refractivity contribution >= 4 is 17.4 Å². The summed E-state index contributed by atoms with van der Waals surface area (Å²) in [6.45, 7) is 1.96. The number of rotatable bonds is 4. The van der Waals surface area contributed by atoms with Gasteiger partial charge < -0.3 is 0 Å². The van der Waals surface area contributed by atoms with Gasteiger partial charge in [0.15, 0.2) is 0 Å². The molecule has 0 bridgehead atoms. The van der Waals surface area contributed by atoms with E-state index in [-0.39, 0.29) is 5.56 Å². The van der Waals surface area contributed by atoms with Crippen molar-refractivity contribution in [2.45, 2.75) is 56.0 Å². The van der Waals surface area contributed by atoms with Crippen molar-refractivity contribution in [1.29, 1.82) is 0 Å². The molecule has 3 aromatic rings. The van der Waals surface area contributed by atoms with Gasteiger partial charge in [0, 0.05) is 18.0 Å². The molecule has 1 fully saturated rings. The highest BCUT2D eigenvalue weighted by Gasteiger charge is 2.20. The Morgan fingerprint density at radius 3 is 2.96 bits per heavy atom. The van der Waals surface area contributed by atoms with E-state index in [1.165, 1.54) is 31.0 Å². The Bertz CT molecular complexity index is 944. The van der Waals surface area contributed by atoms with Crippen molar-refractivity contribution in [3.05, 3.63) is 46.0 Å². The van der Waals surface area contributed by atoms with Gasteiger partial charge >= 0.3 is 0 Å². The van der Waals surface area contributed by atoms with Crippen LogP contribution < -0.4 is 5.56 Å². The zero-order valence-electron chi connectivity index (χ0n) is 14.1. The van der Waals surface area contributed by atoms with Crippen LogP contribution in [0.15, 0.2) is 34.3 Å². The standard InChI is InChI=1S/C17H20N6OS/c1-12-6-5-9-22-15(24)10-13(18-16(12)22)11-25-17-19-20-21-23(17)14-7-3-2-4-8-14/h5-6,9-10,14H,2-4,7-8,11H2,1H3. The normalized spacial score (nSPS) is 15.7. The van der Waals surface area contributed by atoms with E-state index in [2.05, 4.69) is 20.5 Å². The lowest BCUT2D eigenvalue weighted by molar-refractivity contribution is 0.307. The summed E-state index contributed by atoms with van der Waals surface area (Å²) in [4.78, 5) is 16.9. The molecule has 3 aromatic heterocycles. The van der Waals surface area contributed by atoms with Crippen LogP contribution in [0, 0.1) is 6.92 Å². The quantitative estimate of drug-likeness (QED) is 0.669. The number of tetrazole rings is 1. The van der Waals surface area contributed by atoms with E-state index in [0.29, 0.717) is 17.4 Å². The Morgan fingerprint density at radius 1 is 1.28 bits per heavy atom. The molecule has 7 nitrogen and oxygen atoms in total. The van der Waals surface area contributed by atoms with Crippen LogP contribution in [0.4, 0.5) is 0 Å². The fourth-order valence-corrected chi connectivity index (χ4v) is 4.19. The van der Waals surface area contributed by atoms with Gasteiger partial charge in [-0.05, 0) is 41.8 Å². The Morgan fingerprint density at radius 2 is 2.12 bits per heavy atom. The number of hydrogen-bond acceptors (Lipinski definition) is 6. The van der Waals surface area contributed by atoms with Crippen LogP contribution in [0.5, 0.6) is 0 Å². The molecule has 1 aliphatic carbocycles. The van der Waals surface area contributed by atoms with E-state index in [1.807, 2.05) is 23.7 Å². The van der Waals surface area contributed by atoms with Gasteiger partial charge in [-0.15, -0.1) is 5.10 Å². The molecule has 130 valence electrons. The first-order valence-corrected chi connectivity index (χ1v) is 9.59. The van der Waals surface area contributed by atoms with Crippen molar-refractivity contribution in [3.63, 3.8) is 0 Å². The van der Waals surface area contributed by atoms with Crippen LogP contribution in [-0.4, -0.2) is 29.6 Å². The second-order valence-electron chi connectivity index (χ2n) is 6.46. The topological polar surface area (TPSA) is 78.0 Å². The summed E-state index contributed by atoms with van der Waals surface area (Å²) >= 11 is 1.54. The van der Waals surface area contributed by atoms with Crippen LogP contribution in [0.2, 0.25) is 0 Å². The summed E-state index contributed by atoms with van der Waals surface area (Å²) in [5.41, 5.74) is 2.38. The van der Waals surface area contributed by atoms with Gasteiger partial charge in [-0.2, -0.15) is 0 Å². The molecule has 1 aliphatic rings. The van der Waals surface area contributed by atoms with Gasteiger partial charge in [0.1, 0.15) is 5.65 Å². The third kappa shape index (κ3) is 3.30. The molecule has 0 aliphatic heterocycles. The lowest BCUT2D eigenvalue weighted by Crippen LogP contribution is -2.16. The summed E-state index contributed by atoms with van der Waals surface area (Å²) in [6.07, 6.45) is 7.78. The van der Waals surface area contributed by atoms with Crippen molar-refractivity contribution < 1.29 is 0 Å².